The number of unbranched alkanes of at least 4 members (excludes halogenated alkanes) is 1. The van der Waals surface area contributed by atoms with Crippen LogP contribution in [0.5, 0.6) is 0 Å². The summed E-state index contributed by atoms with van der Waals surface area (Å²) >= 11 is 0. The van der Waals surface area contributed by atoms with Crippen LogP contribution >= 0.6 is 0 Å². The zero-order valence-corrected chi connectivity index (χ0v) is 15.5. The number of benzene rings is 1. The summed E-state index contributed by atoms with van der Waals surface area (Å²) in [6.07, 6.45) is 3.46. The van der Waals surface area contributed by atoms with Gasteiger partial charge in [-0.15, -0.1) is 0 Å². The van der Waals surface area contributed by atoms with Gasteiger partial charge in [-0.05, 0) is 18.1 Å². The standard InChI is InChI=1S/C18H26N2O4S/c1-2-3-14-24-18(21)16-19-10-12-20(13-11-19)25(22,23)15-9-17-7-5-4-6-8-17/h4-9,15H,2-3,10-14,16H2,1H3/b15-9+. The molecule has 0 radical (unpaired) electrons. The van der Waals surface area contributed by atoms with E-state index in [0.29, 0.717) is 32.8 Å². The summed E-state index contributed by atoms with van der Waals surface area (Å²) in [7, 11) is -3.44. The van der Waals surface area contributed by atoms with Crippen molar-refractivity contribution in [1.82, 2.24) is 9.21 Å². The highest BCUT2D eigenvalue weighted by atomic mass is 32.2. The fourth-order valence-electron chi connectivity index (χ4n) is 2.52. The van der Waals surface area contributed by atoms with Gasteiger partial charge in [0, 0.05) is 31.6 Å². The minimum atomic E-state index is -3.44. The lowest BCUT2D eigenvalue weighted by molar-refractivity contribution is -0.145. The van der Waals surface area contributed by atoms with Crippen LogP contribution in [0, 0.1) is 0 Å². The van der Waals surface area contributed by atoms with E-state index in [1.807, 2.05) is 42.2 Å². The Morgan fingerprint density at radius 3 is 2.48 bits per heavy atom. The Morgan fingerprint density at radius 2 is 1.84 bits per heavy atom. The van der Waals surface area contributed by atoms with Gasteiger partial charge in [0.1, 0.15) is 0 Å². The summed E-state index contributed by atoms with van der Waals surface area (Å²) in [4.78, 5) is 13.6. The Labute approximate surface area is 150 Å². The highest BCUT2D eigenvalue weighted by Crippen LogP contribution is 2.11. The van der Waals surface area contributed by atoms with Crippen molar-refractivity contribution >= 4 is 22.1 Å². The van der Waals surface area contributed by atoms with Gasteiger partial charge in [0.05, 0.1) is 13.2 Å². The van der Waals surface area contributed by atoms with Gasteiger partial charge in [-0.2, -0.15) is 4.31 Å². The van der Waals surface area contributed by atoms with E-state index in [2.05, 4.69) is 0 Å². The first-order valence-electron chi connectivity index (χ1n) is 8.62. The molecule has 1 fully saturated rings. The summed E-state index contributed by atoms with van der Waals surface area (Å²) in [6, 6.07) is 9.33. The lowest BCUT2D eigenvalue weighted by Crippen LogP contribution is -2.49. The molecule has 0 N–H and O–H groups in total. The summed E-state index contributed by atoms with van der Waals surface area (Å²) in [5.74, 6) is -0.242. The molecule has 0 aromatic heterocycles. The zero-order chi connectivity index (χ0) is 18.1. The van der Waals surface area contributed by atoms with Gasteiger partial charge in [-0.1, -0.05) is 43.7 Å². The molecule has 25 heavy (non-hydrogen) atoms. The van der Waals surface area contributed by atoms with E-state index in [-0.39, 0.29) is 12.5 Å². The molecule has 0 amide bonds. The van der Waals surface area contributed by atoms with Crippen LogP contribution in [0.4, 0.5) is 0 Å². The number of carbonyl (C=O) groups excluding carboxylic acids is 1. The molecule has 138 valence electrons. The predicted molar refractivity (Wildman–Crippen MR) is 98.3 cm³/mol. The van der Waals surface area contributed by atoms with Gasteiger partial charge in [0.15, 0.2) is 0 Å². The third-order valence-corrected chi connectivity index (χ3v) is 5.60. The molecule has 1 aliphatic heterocycles. The Hall–Kier alpha value is -1.70. The summed E-state index contributed by atoms with van der Waals surface area (Å²) in [5.41, 5.74) is 0.847. The summed E-state index contributed by atoms with van der Waals surface area (Å²) in [6.45, 7) is 4.53. The zero-order valence-electron chi connectivity index (χ0n) is 14.6. The number of nitrogens with zero attached hydrogens (tertiary/aromatic N) is 2. The molecule has 1 saturated heterocycles. The Kier molecular flexibility index (Phi) is 7.61. The third-order valence-electron chi connectivity index (χ3n) is 4.04. The minimum absolute atomic E-state index is 0.220. The van der Waals surface area contributed by atoms with Gasteiger partial charge < -0.3 is 4.74 Å². The number of sulfonamides is 1. The van der Waals surface area contributed by atoms with Crippen molar-refractivity contribution in [2.75, 3.05) is 39.3 Å². The number of carbonyl (C=O) groups is 1. The van der Waals surface area contributed by atoms with Crippen molar-refractivity contribution < 1.29 is 17.9 Å². The smallest absolute Gasteiger partial charge is 0.320 e. The number of hydrogen-bond acceptors (Lipinski definition) is 5. The molecule has 1 aliphatic rings. The number of piperazine rings is 1. The molecule has 0 saturated carbocycles. The van der Waals surface area contributed by atoms with Crippen molar-refractivity contribution in [2.45, 2.75) is 19.8 Å². The number of hydrogen-bond donors (Lipinski definition) is 0. The van der Waals surface area contributed by atoms with Crippen LogP contribution in [0.2, 0.25) is 0 Å². The third kappa shape index (κ3) is 6.61. The second kappa shape index (κ2) is 9.70. The molecule has 0 unspecified atom stereocenters. The topological polar surface area (TPSA) is 66.9 Å². The molecule has 1 aromatic carbocycles. The van der Waals surface area contributed by atoms with Gasteiger partial charge in [0.2, 0.25) is 10.0 Å². The fraction of sp³-hybridized carbons (Fsp3) is 0.500. The van der Waals surface area contributed by atoms with Gasteiger partial charge in [-0.3, -0.25) is 9.69 Å². The van der Waals surface area contributed by atoms with Gasteiger partial charge in [-0.25, -0.2) is 8.42 Å². The van der Waals surface area contributed by atoms with Crippen molar-refractivity contribution in [1.29, 1.82) is 0 Å². The van der Waals surface area contributed by atoms with E-state index in [0.717, 1.165) is 18.4 Å². The largest absolute Gasteiger partial charge is 0.465 e. The highest BCUT2D eigenvalue weighted by Gasteiger charge is 2.26. The number of rotatable bonds is 8. The first-order valence-corrected chi connectivity index (χ1v) is 10.1. The molecule has 7 heteroatoms. The first-order chi connectivity index (χ1) is 12.0. The van der Waals surface area contributed by atoms with Crippen LogP contribution in [-0.2, 0) is 19.6 Å². The summed E-state index contributed by atoms with van der Waals surface area (Å²) in [5, 5.41) is 1.25. The normalized spacial score (nSPS) is 17.0. The Bertz CT molecular complexity index is 666. The number of esters is 1. The lowest BCUT2D eigenvalue weighted by atomic mass is 10.2. The van der Waals surface area contributed by atoms with Crippen LogP contribution in [0.1, 0.15) is 25.3 Å². The van der Waals surface area contributed by atoms with Crippen LogP contribution in [0.15, 0.2) is 35.7 Å². The van der Waals surface area contributed by atoms with E-state index >= 15 is 0 Å². The molecule has 0 spiro atoms. The molecular formula is C18H26N2O4S. The molecular weight excluding hydrogens is 340 g/mol. The average Bonchev–Trinajstić information content (AvgIpc) is 2.62. The quantitative estimate of drug-likeness (QED) is 0.520. The van der Waals surface area contributed by atoms with E-state index in [1.54, 1.807) is 6.08 Å². The van der Waals surface area contributed by atoms with Crippen LogP contribution in [-0.4, -0.2) is 62.9 Å². The van der Waals surface area contributed by atoms with Gasteiger partial charge >= 0.3 is 5.97 Å². The van der Waals surface area contributed by atoms with Gasteiger partial charge in [0.25, 0.3) is 0 Å². The molecule has 6 nitrogen and oxygen atoms in total. The molecule has 1 heterocycles. The first kappa shape index (κ1) is 19.6. The van der Waals surface area contributed by atoms with Crippen molar-refractivity contribution in [3.05, 3.63) is 41.3 Å². The molecule has 0 atom stereocenters. The minimum Gasteiger partial charge on any atom is -0.465 e. The second-order valence-electron chi connectivity index (χ2n) is 6.01. The molecule has 1 aromatic rings. The van der Waals surface area contributed by atoms with E-state index in [4.69, 9.17) is 4.74 Å². The molecule has 2 rings (SSSR count). The predicted octanol–water partition coefficient (Wildman–Crippen LogP) is 1.95. The maximum Gasteiger partial charge on any atom is 0.320 e. The highest BCUT2D eigenvalue weighted by molar-refractivity contribution is 7.92. The average molecular weight is 366 g/mol. The van der Waals surface area contributed by atoms with E-state index in [9.17, 15) is 13.2 Å². The summed E-state index contributed by atoms with van der Waals surface area (Å²) < 4.78 is 31.4. The van der Waals surface area contributed by atoms with Crippen molar-refractivity contribution in [2.24, 2.45) is 0 Å². The van der Waals surface area contributed by atoms with Crippen molar-refractivity contribution in [3.8, 4) is 0 Å². The maximum atomic E-state index is 12.4. The Morgan fingerprint density at radius 1 is 1.16 bits per heavy atom. The van der Waals surface area contributed by atoms with E-state index < -0.39 is 10.0 Å². The fourth-order valence-corrected chi connectivity index (χ4v) is 3.69. The Balaban J connectivity index is 1.80. The SMILES string of the molecule is CCCCOC(=O)CN1CCN(S(=O)(=O)/C=C/c2ccccc2)CC1. The van der Waals surface area contributed by atoms with Crippen LogP contribution in [0.25, 0.3) is 6.08 Å². The monoisotopic (exact) mass is 366 g/mol. The van der Waals surface area contributed by atoms with Crippen molar-refractivity contribution in [3.63, 3.8) is 0 Å². The van der Waals surface area contributed by atoms with Crippen LogP contribution in [0.3, 0.4) is 0 Å². The lowest BCUT2D eigenvalue weighted by Gasteiger charge is -2.32. The number of ether oxygens (including phenoxy) is 1. The molecule has 0 aliphatic carbocycles. The molecule has 0 bridgehead atoms. The van der Waals surface area contributed by atoms with Crippen LogP contribution < -0.4 is 0 Å². The maximum absolute atomic E-state index is 12.4. The van der Waals surface area contributed by atoms with E-state index in [1.165, 1.54) is 9.71 Å². The second-order valence-corrected chi connectivity index (χ2v) is 7.83.